The molecule has 1 aromatic carbocycles. The van der Waals surface area contributed by atoms with E-state index in [-0.39, 0.29) is 11.5 Å². The van der Waals surface area contributed by atoms with Crippen LogP contribution in [0.1, 0.15) is 12.0 Å². The number of rotatable bonds is 5. The van der Waals surface area contributed by atoms with Crippen molar-refractivity contribution < 1.29 is 12.6 Å². The van der Waals surface area contributed by atoms with Crippen molar-refractivity contribution >= 4 is 10.1 Å². The summed E-state index contributed by atoms with van der Waals surface area (Å²) < 4.78 is 28.2. The zero-order valence-corrected chi connectivity index (χ0v) is 9.46. The molecule has 0 aromatic heterocycles. The maximum atomic E-state index is 11.7. The van der Waals surface area contributed by atoms with E-state index in [2.05, 4.69) is 0 Å². The standard InChI is InChI=1S/C10H15NO3S/c1-9-5-2-3-6-10(9)15(12,13)14-8-4-7-11/h2-3,5-6H,4,7-8,11H2,1H3. The zero-order valence-electron chi connectivity index (χ0n) is 8.64. The molecule has 5 heteroatoms. The van der Waals surface area contributed by atoms with Crippen LogP contribution in [0.2, 0.25) is 0 Å². The molecular weight excluding hydrogens is 214 g/mol. The van der Waals surface area contributed by atoms with E-state index in [9.17, 15) is 8.42 Å². The Labute approximate surface area is 90.2 Å². The van der Waals surface area contributed by atoms with Gasteiger partial charge in [0.05, 0.1) is 11.5 Å². The van der Waals surface area contributed by atoms with Gasteiger partial charge in [0.15, 0.2) is 0 Å². The average molecular weight is 229 g/mol. The van der Waals surface area contributed by atoms with Crippen molar-refractivity contribution in [1.29, 1.82) is 0 Å². The largest absolute Gasteiger partial charge is 0.330 e. The lowest BCUT2D eigenvalue weighted by Crippen LogP contribution is -2.11. The fraction of sp³-hybridized carbons (Fsp3) is 0.400. The molecule has 2 N–H and O–H groups in total. The van der Waals surface area contributed by atoms with Crippen molar-refractivity contribution in [1.82, 2.24) is 0 Å². The molecular formula is C10H15NO3S. The van der Waals surface area contributed by atoms with E-state index in [1.54, 1.807) is 25.1 Å². The fourth-order valence-corrected chi connectivity index (χ4v) is 2.32. The van der Waals surface area contributed by atoms with Gasteiger partial charge in [0.2, 0.25) is 0 Å². The van der Waals surface area contributed by atoms with Gasteiger partial charge in [-0.25, -0.2) is 0 Å². The van der Waals surface area contributed by atoms with Crippen molar-refractivity contribution in [3.05, 3.63) is 29.8 Å². The second-order valence-corrected chi connectivity index (χ2v) is 4.77. The summed E-state index contributed by atoms with van der Waals surface area (Å²) in [6.45, 7) is 2.29. The molecule has 0 spiro atoms. The average Bonchev–Trinajstić information content (AvgIpc) is 2.18. The second kappa shape index (κ2) is 5.25. The van der Waals surface area contributed by atoms with Gasteiger partial charge < -0.3 is 5.73 Å². The van der Waals surface area contributed by atoms with Gasteiger partial charge in [0.25, 0.3) is 10.1 Å². The van der Waals surface area contributed by atoms with E-state index < -0.39 is 10.1 Å². The molecule has 0 bridgehead atoms. The highest BCUT2D eigenvalue weighted by Gasteiger charge is 2.16. The lowest BCUT2D eigenvalue weighted by atomic mass is 10.2. The Morgan fingerprint density at radius 2 is 2.00 bits per heavy atom. The first-order chi connectivity index (χ1) is 7.08. The topological polar surface area (TPSA) is 69.4 Å². The minimum Gasteiger partial charge on any atom is -0.330 e. The maximum absolute atomic E-state index is 11.7. The predicted octanol–water partition coefficient (Wildman–Crippen LogP) is 1.05. The van der Waals surface area contributed by atoms with Gasteiger partial charge in [-0.05, 0) is 31.5 Å². The fourth-order valence-electron chi connectivity index (χ4n) is 1.15. The number of nitrogens with two attached hydrogens (primary N) is 1. The van der Waals surface area contributed by atoms with Gasteiger partial charge in [-0.1, -0.05) is 18.2 Å². The predicted molar refractivity (Wildman–Crippen MR) is 58.0 cm³/mol. The van der Waals surface area contributed by atoms with Crippen LogP contribution in [0, 0.1) is 6.92 Å². The maximum Gasteiger partial charge on any atom is 0.297 e. The van der Waals surface area contributed by atoms with Crippen LogP contribution in [0.4, 0.5) is 0 Å². The lowest BCUT2D eigenvalue weighted by molar-refractivity contribution is 0.314. The Balaban J connectivity index is 2.83. The summed E-state index contributed by atoms with van der Waals surface area (Å²) >= 11 is 0. The molecule has 1 aromatic rings. The van der Waals surface area contributed by atoms with Crippen molar-refractivity contribution in [3.63, 3.8) is 0 Å². The molecule has 0 saturated heterocycles. The summed E-state index contributed by atoms with van der Waals surface area (Å²) in [6.07, 6.45) is 0.533. The third kappa shape index (κ3) is 3.30. The third-order valence-corrected chi connectivity index (χ3v) is 3.42. The summed E-state index contributed by atoms with van der Waals surface area (Å²) in [7, 11) is -3.62. The quantitative estimate of drug-likeness (QED) is 0.605. The van der Waals surface area contributed by atoms with Crippen LogP contribution in [0.3, 0.4) is 0 Å². The van der Waals surface area contributed by atoms with Crippen molar-refractivity contribution in [2.75, 3.05) is 13.2 Å². The molecule has 0 unspecified atom stereocenters. The first-order valence-electron chi connectivity index (χ1n) is 4.73. The summed E-state index contributed by atoms with van der Waals surface area (Å²) in [5.41, 5.74) is 5.94. The van der Waals surface area contributed by atoms with E-state index in [1.807, 2.05) is 0 Å². The van der Waals surface area contributed by atoms with Gasteiger partial charge in [-0.3, -0.25) is 4.18 Å². The van der Waals surface area contributed by atoms with Crippen LogP contribution in [0.5, 0.6) is 0 Å². The van der Waals surface area contributed by atoms with Crippen LogP contribution >= 0.6 is 0 Å². The Kier molecular flexibility index (Phi) is 4.26. The summed E-state index contributed by atoms with van der Waals surface area (Å²) in [5.74, 6) is 0. The van der Waals surface area contributed by atoms with Crippen molar-refractivity contribution in [2.24, 2.45) is 5.73 Å². The Morgan fingerprint density at radius 3 is 2.60 bits per heavy atom. The number of benzene rings is 1. The first-order valence-corrected chi connectivity index (χ1v) is 6.14. The van der Waals surface area contributed by atoms with E-state index in [4.69, 9.17) is 9.92 Å². The molecule has 15 heavy (non-hydrogen) atoms. The minimum atomic E-state index is -3.62. The lowest BCUT2D eigenvalue weighted by Gasteiger charge is -2.07. The second-order valence-electron chi connectivity index (χ2n) is 3.18. The Morgan fingerprint density at radius 1 is 1.33 bits per heavy atom. The van der Waals surface area contributed by atoms with Crippen LogP contribution in [0.15, 0.2) is 29.2 Å². The number of hydrogen-bond donors (Lipinski definition) is 1. The smallest absolute Gasteiger partial charge is 0.297 e. The van der Waals surface area contributed by atoms with Crippen LogP contribution in [0.25, 0.3) is 0 Å². The van der Waals surface area contributed by atoms with Crippen molar-refractivity contribution in [2.45, 2.75) is 18.2 Å². The normalized spacial score (nSPS) is 11.6. The summed E-state index contributed by atoms with van der Waals surface area (Å²) in [6, 6.07) is 6.73. The van der Waals surface area contributed by atoms with Crippen LogP contribution in [-0.2, 0) is 14.3 Å². The molecule has 0 radical (unpaired) electrons. The van der Waals surface area contributed by atoms with Crippen LogP contribution in [-0.4, -0.2) is 21.6 Å². The van der Waals surface area contributed by atoms with Gasteiger partial charge >= 0.3 is 0 Å². The van der Waals surface area contributed by atoms with Crippen LogP contribution < -0.4 is 5.73 Å². The first kappa shape index (κ1) is 12.2. The van der Waals surface area contributed by atoms with Gasteiger partial charge in [0, 0.05) is 0 Å². The SMILES string of the molecule is Cc1ccccc1S(=O)(=O)OCCCN. The number of hydrogen-bond acceptors (Lipinski definition) is 4. The van der Waals surface area contributed by atoms with E-state index in [0.29, 0.717) is 18.5 Å². The molecule has 0 aliphatic rings. The highest BCUT2D eigenvalue weighted by atomic mass is 32.2. The molecule has 0 saturated carbocycles. The molecule has 0 aliphatic carbocycles. The molecule has 84 valence electrons. The van der Waals surface area contributed by atoms with Gasteiger partial charge in [0.1, 0.15) is 0 Å². The zero-order chi connectivity index (χ0) is 11.3. The minimum absolute atomic E-state index is 0.132. The van der Waals surface area contributed by atoms with E-state index >= 15 is 0 Å². The highest BCUT2D eigenvalue weighted by molar-refractivity contribution is 7.86. The monoisotopic (exact) mass is 229 g/mol. The third-order valence-electron chi connectivity index (χ3n) is 1.95. The Hall–Kier alpha value is -0.910. The van der Waals surface area contributed by atoms with E-state index in [1.165, 1.54) is 6.07 Å². The van der Waals surface area contributed by atoms with E-state index in [0.717, 1.165) is 0 Å². The number of aryl methyl sites for hydroxylation is 1. The molecule has 0 fully saturated rings. The molecule has 0 heterocycles. The molecule has 4 nitrogen and oxygen atoms in total. The highest BCUT2D eigenvalue weighted by Crippen LogP contribution is 2.16. The molecule has 1 rings (SSSR count). The Bertz CT molecular complexity index is 414. The van der Waals surface area contributed by atoms with Gasteiger partial charge in [-0.15, -0.1) is 0 Å². The van der Waals surface area contributed by atoms with Crippen molar-refractivity contribution in [3.8, 4) is 0 Å². The summed E-state index contributed by atoms with van der Waals surface area (Å²) in [4.78, 5) is 0.224. The molecule has 0 atom stereocenters. The summed E-state index contributed by atoms with van der Waals surface area (Å²) in [5, 5.41) is 0. The van der Waals surface area contributed by atoms with Gasteiger partial charge in [-0.2, -0.15) is 8.42 Å². The molecule has 0 aliphatic heterocycles. The molecule has 0 amide bonds.